The van der Waals surface area contributed by atoms with Gasteiger partial charge in [0.2, 0.25) is 0 Å². The Balaban J connectivity index is 1.94. The lowest BCUT2D eigenvalue weighted by Crippen LogP contribution is -1.97. The van der Waals surface area contributed by atoms with Gasteiger partial charge in [-0.2, -0.15) is 5.10 Å². The van der Waals surface area contributed by atoms with Crippen LogP contribution in [0.5, 0.6) is 0 Å². The Kier molecular flexibility index (Phi) is 3.26. The molecule has 3 heterocycles. The Morgan fingerprint density at radius 1 is 0.833 bits per heavy atom. The molecule has 0 bridgehead atoms. The van der Waals surface area contributed by atoms with Crippen LogP contribution in [0, 0.1) is 17.5 Å². The van der Waals surface area contributed by atoms with E-state index in [9.17, 15) is 13.2 Å². The Morgan fingerprint density at radius 2 is 1.67 bits per heavy atom. The summed E-state index contributed by atoms with van der Waals surface area (Å²) in [5.74, 6) is -3.27. The summed E-state index contributed by atoms with van der Waals surface area (Å²) in [4.78, 5) is 8.56. The monoisotopic (exact) mass is 326 g/mol. The molecule has 0 saturated heterocycles. The minimum Gasteiger partial charge on any atom is -0.255 e. The zero-order valence-corrected chi connectivity index (χ0v) is 12.1. The van der Waals surface area contributed by atoms with Crippen molar-refractivity contribution in [3.63, 3.8) is 0 Å². The van der Waals surface area contributed by atoms with Gasteiger partial charge in [0.1, 0.15) is 5.82 Å². The van der Waals surface area contributed by atoms with Crippen LogP contribution in [0.4, 0.5) is 13.2 Å². The van der Waals surface area contributed by atoms with Gasteiger partial charge in [-0.15, -0.1) is 0 Å². The van der Waals surface area contributed by atoms with Gasteiger partial charge in [0.15, 0.2) is 17.3 Å². The molecule has 0 spiro atoms. The lowest BCUT2D eigenvalue weighted by molar-refractivity contribution is 0.496. The molecule has 0 aliphatic carbocycles. The van der Waals surface area contributed by atoms with Crippen molar-refractivity contribution >= 4 is 5.65 Å². The fraction of sp³-hybridized carbons (Fsp3) is 0. The highest BCUT2D eigenvalue weighted by Gasteiger charge is 2.17. The number of hydrogen-bond donors (Lipinski definition) is 0. The Hall–Kier alpha value is -3.22. The molecule has 118 valence electrons. The number of pyridine rings is 1. The summed E-state index contributed by atoms with van der Waals surface area (Å²) in [5.41, 5.74) is 1.69. The predicted molar refractivity (Wildman–Crippen MR) is 81.5 cm³/mol. The maximum absolute atomic E-state index is 14.1. The normalized spacial score (nSPS) is 11.1. The van der Waals surface area contributed by atoms with Crippen molar-refractivity contribution in [3.05, 3.63) is 72.4 Å². The van der Waals surface area contributed by atoms with Crippen molar-refractivity contribution < 1.29 is 13.2 Å². The molecule has 0 N–H and O–H groups in total. The van der Waals surface area contributed by atoms with Crippen molar-refractivity contribution in [2.24, 2.45) is 0 Å². The quantitative estimate of drug-likeness (QED) is 0.525. The molecule has 7 heteroatoms. The van der Waals surface area contributed by atoms with Crippen molar-refractivity contribution in [2.45, 2.75) is 0 Å². The highest BCUT2D eigenvalue weighted by atomic mass is 19.2. The molecule has 0 saturated carbocycles. The first-order chi connectivity index (χ1) is 11.6. The standard InChI is InChI=1S/C17H9F3N4/c18-12-9-14(20)13(19)8-11(12)17-10(2-1-5-21-17)15-4-7-24-16(23-15)3-6-22-24/h1-9H. The molecule has 0 aliphatic rings. The lowest BCUT2D eigenvalue weighted by Gasteiger charge is -2.10. The molecule has 0 aliphatic heterocycles. The van der Waals surface area contributed by atoms with Gasteiger partial charge >= 0.3 is 0 Å². The predicted octanol–water partition coefficient (Wildman–Crippen LogP) is 3.88. The van der Waals surface area contributed by atoms with E-state index in [1.54, 1.807) is 41.2 Å². The second kappa shape index (κ2) is 5.45. The molecule has 4 aromatic rings. The first-order valence-electron chi connectivity index (χ1n) is 7.04. The van der Waals surface area contributed by atoms with E-state index >= 15 is 0 Å². The van der Waals surface area contributed by atoms with Crippen LogP contribution in [0.1, 0.15) is 0 Å². The first-order valence-corrected chi connectivity index (χ1v) is 7.04. The zero-order valence-electron chi connectivity index (χ0n) is 12.1. The number of fused-ring (bicyclic) bond motifs is 1. The summed E-state index contributed by atoms with van der Waals surface area (Å²) >= 11 is 0. The molecule has 4 rings (SSSR count). The number of rotatable bonds is 2. The van der Waals surface area contributed by atoms with E-state index in [-0.39, 0.29) is 11.3 Å². The van der Waals surface area contributed by atoms with Gasteiger partial charge in [0.05, 0.1) is 17.6 Å². The fourth-order valence-electron chi connectivity index (χ4n) is 2.49. The summed E-state index contributed by atoms with van der Waals surface area (Å²) < 4.78 is 42.4. The van der Waals surface area contributed by atoms with Crippen molar-refractivity contribution in [2.75, 3.05) is 0 Å². The average molecular weight is 326 g/mol. The smallest absolute Gasteiger partial charge is 0.161 e. The lowest BCUT2D eigenvalue weighted by atomic mass is 10.0. The summed E-state index contributed by atoms with van der Waals surface area (Å²) in [7, 11) is 0. The van der Waals surface area contributed by atoms with Crippen LogP contribution in [-0.4, -0.2) is 19.6 Å². The Morgan fingerprint density at radius 3 is 2.54 bits per heavy atom. The molecule has 3 aromatic heterocycles. The molecule has 0 amide bonds. The molecule has 0 radical (unpaired) electrons. The van der Waals surface area contributed by atoms with E-state index in [4.69, 9.17) is 0 Å². The van der Waals surface area contributed by atoms with Crippen LogP contribution in [0.3, 0.4) is 0 Å². The summed E-state index contributed by atoms with van der Waals surface area (Å²) in [6, 6.07) is 8.08. The van der Waals surface area contributed by atoms with Crippen molar-refractivity contribution in [3.8, 4) is 22.5 Å². The van der Waals surface area contributed by atoms with Crippen LogP contribution >= 0.6 is 0 Å². The maximum Gasteiger partial charge on any atom is 0.161 e. The minimum atomic E-state index is -1.24. The van der Waals surface area contributed by atoms with E-state index in [2.05, 4.69) is 15.1 Å². The molecule has 4 nitrogen and oxygen atoms in total. The van der Waals surface area contributed by atoms with E-state index < -0.39 is 17.5 Å². The molecule has 0 unspecified atom stereocenters. The summed E-state index contributed by atoms with van der Waals surface area (Å²) in [5, 5.41) is 4.06. The van der Waals surface area contributed by atoms with Crippen LogP contribution in [-0.2, 0) is 0 Å². The largest absolute Gasteiger partial charge is 0.255 e. The van der Waals surface area contributed by atoms with Crippen LogP contribution in [0.15, 0.2) is 55.0 Å². The Bertz CT molecular complexity index is 1060. The number of halogens is 3. The third-order valence-corrected chi connectivity index (χ3v) is 3.61. The summed E-state index contributed by atoms with van der Waals surface area (Å²) in [6.45, 7) is 0. The van der Waals surface area contributed by atoms with Gasteiger partial charge in [-0.3, -0.25) is 4.98 Å². The van der Waals surface area contributed by atoms with E-state index in [1.165, 1.54) is 6.20 Å². The molecular formula is C17H9F3N4. The summed E-state index contributed by atoms with van der Waals surface area (Å²) in [6.07, 6.45) is 4.76. The van der Waals surface area contributed by atoms with Crippen molar-refractivity contribution in [1.82, 2.24) is 19.6 Å². The molecule has 24 heavy (non-hydrogen) atoms. The third-order valence-electron chi connectivity index (χ3n) is 3.61. The van der Waals surface area contributed by atoms with Gasteiger partial charge in [0.25, 0.3) is 0 Å². The number of benzene rings is 1. The second-order valence-corrected chi connectivity index (χ2v) is 5.09. The number of hydrogen-bond acceptors (Lipinski definition) is 3. The van der Waals surface area contributed by atoms with E-state index in [1.807, 2.05) is 0 Å². The average Bonchev–Trinajstić information content (AvgIpc) is 3.06. The maximum atomic E-state index is 14.1. The third kappa shape index (κ3) is 2.30. The zero-order chi connectivity index (χ0) is 16.7. The molecular weight excluding hydrogens is 317 g/mol. The van der Waals surface area contributed by atoms with Gasteiger partial charge in [-0.25, -0.2) is 22.7 Å². The van der Waals surface area contributed by atoms with Crippen LogP contribution < -0.4 is 0 Å². The topological polar surface area (TPSA) is 43.1 Å². The van der Waals surface area contributed by atoms with Crippen molar-refractivity contribution in [1.29, 1.82) is 0 Å². The Labute approximate surface area is 134 Å². The van der Waals surface area contributed by atoms with Crippen LogP contribution in [0.25, 0.3) is 28.2 Å². The SMILES string of the molecule is Fc1cc(F)c(-c2ncccc2-c2ccn3nccc3n2)cc1F. The number of aromatic nitrogens is 4. The van der Waals surface area contributed by atoms with Gasteiger partial charge in [-0.05, 0) is 24.3 Å². The molecule has 1 aromatic carbocycles. The van der Waals surface area contributed by atoms with Gasteiger partial charge in [0, 0.05) is 35.7 Å². The van der Waals surface area contributed by atoms with Gasteiger partial charge in [-0.1, -0.05) is 0 Å². The van der Waals surface area contributed by atoms with E-state index in [0.717, 1.165) is 6.07 Å². The van der Waals surface area contributed by atoms with E-state index in [0.29, 0.717) is 23.0 Å². The number of nitrogens with zero attached hydrogens (tertiary/aromatic N) is 4. The second-order valence-electron chi connectivity index (χ2n) is 5.09. The first kappa shape index (κ1) is 14.4. The fourth-order valence-corrected chi connectivity index (χ4v) is 2.49. The van der Waals surface area contributed by atoms with Crippen LogP contribution in [0.2, 0.25) is 0 Å². The highest BCUT2D eigenvalue weighted by molar-refractivity contribution is 5.79. The molecule has 0 fully saturated rings. The van der Waals surface area contributed by atoms with Gasteiger partial charge < -0.3 is 0 Å². The molecule has 0 atom stereocenters. The highest BCUT2D eigenvalue weighted by Crippen LogP contribution is 2.31. The minimum absolute atomic E-state index is 0.125.